The van der Waals surface area contributed by atoms with Crippen molar-refractivity contribution in [3.8, 4) is 0 Å². The largest absolute Gasteiger partial charge is 0.446 e. The highest BCUT2D eigenvalue weighted by molar-refractivity contribution is 5.78. The van der Waals surface area contributed by atoms with Crippen LogP contribution in [0.15, 0.2) is 56.2 Å². The molecule has 1 amide bonds. The predicted octanol–water partition coefficient (Wildman–Crippen LogP) is 6.98. The number of hydrogen-bond donors (Lipinski definition) is 4. The molecule has 0 radical (unpaired) electrons. The monoisotopic (exact) mass is 795 g/mol. The quantitative estimate of drug-likeness (QED) is 0.174. The molecule has 16 heteroatoms. The van der Waals surface area contributed by atoms with Crippen molar-refractivity contribution >= 4 is 18.2 Å². The predicted molar refractivity (Wildman–Crippen MR) is 220 cm³/mol. The Morgan fingerprint density at radius 3 is 1.61 bits per heavy atom. The van der Waals surface area contributed by atoms with Crippen LogP contribution in [-0.2, 0) is 9.47 Å². The van der Waals surface area contributed by atoms with E-state index < -0.39 is 0 Å². The molecular weight excluding hydrogens is 720 g/mol. The number of aromatic nitrogens is 6. The average Bonchev–Trinajstić information content (AvgIpc) is 4.02. The molecule has 3 aromatic heterocycles. The fourth-order valence-electron chi connectivity index (χ4n) is 4.90. The molecule has 2 aliphatic heterocycles. The van der Waals surface area contributed by atoms with Gasteiger partial charge in [0.2, 0.25) is 0 Å². The second-order valence-electron chi connectivity index (χ2n) is 13.2. The molecule has 5 heterocycles. The van der Waals surface area contributed by atoms with Crippen LogP contribution in [-0.4, -0.2) is 124 Å². The Kier molecular flexibility index (Phi) is 31.9. The third-order valence-electron chi connectivity index (χ3n) is 8.72. The number of aliphatic hydroxyl groups is 3. The molecule has 0 saturated carbocycles. The minimum atomic E-state index is -0.373. The van der Waals surface area contributed by atoms with E-state index in [1.165, 1.54) is 58.1 Å². The molecule has 0 bridgehead atoms. The molecule has 0 aliphatic carbocycles. The second kappa shape index (κ2) is 33.1. The van der Waals surface area contributed by atoms with Crippen LogP contribution >= 0.6 is 0 Å². The number of piperidine rings is 2. The summed E-state index contributed by atoms with van der Waals surface area (Å²) >= 11 is 0. The highest BCUT2D eigenvalue weighted by atomic mass is 16.6. The van der Waals surface area contributed by atoms with Crippen LogP contribution in [0, 0.1) is 0 Å². The molecule has 0 aromatic carbocycles. The Balaban J connectivity index is 0. The maximum atomic E-state index is 11.9. The van der Waals surface area contributed by atoms with Crippen LogP contribution < -0.4 is 5.32 Å². The Morgan fingerprint density at radius 1 is 0.714 bits per heavy atom. The highest BCUT2D eigenvalue weighted by Gasteiger charge is 2.28. The number of carbonyl (C=O) groups is 3. The van der Waals surface area contributed by atoms with Gasteiger partial charge >= 0.3 is 18.2 Å². The lowest BCUT2D eigenvalue weighted by Crippen LogP contribution is -2.45. The topological polar surface area (TPSA) is 199 Å². The van der Waals surface area contributed by atoms with Crippen molar-refractivity contribution in [2.45, 2.75) is 157 Å². The number of likely N-dealkylation sites (tertiary alicyclic amines) is 1. The van der Waals surface area contributed by atoms with Gasteiger partial charge in [-0.25, -0.2) is 33.9 Å². The second-order valence-corrected chi connectivity index (χ2v) is 13.2. The lowest BCUT2D eigenvalue weighted by atomic mass is 10.0. The highest BCUT2D eigenvalue weighted by Crippen LogP contribution is 2.21. The molecule has 3 aromatic rings. The molecule has 5 atom stereocenters. The fourth-order valence-corrected chi connectivity index (χ4v) is 4.90. The van der Waals surface area contributed by atoms with Crippen molar-refractivity contribution < 1.29 is 39.2 Å². The first-order valence-corrected chi connectivity index (χ1v) is 19.3. The number of carbonyl (C=O) groups excluding carboxylic acids is 3. The summed E-state index contributed by atoms with van der Waals surface area (Å²) in [5.41, 5.74) is 0. The standard InChI is InChI=1S/C12H23NO3.C8H12N2O2.C7H6N4O.C7H15NO.C4H10O.2CH4/c1-3-10(2)16-12(15)13-8-5-4-6-11(13)7-9-14;1-3-7(2)12-8(11)10-5-4-9-6-10;12-7(10-3-1-8-5-10)11-4-2-9-6-11;9-6-4-7-3-1-2-5-8-7;1-3-4(2)5;;/h10-11,14H,3-9H2,1-2H3;4-7H,3H2,1-2H3;1-6H;7-9H,1-6H2;4-5H,3H2,1-2H3;2*1H4. The van der Waals surface area contributed by atoms with Crippen LogP contribution in [0.5, 0.6) is 0 Å². The molecule has 2 fully saturated rings. The minimum Gasteiger partial charge on any atom is -0.446 e. The van der Waals surface area contributed by atoms with Crippen molar-refractivity contribution in [3.63, 3.8) is 0 Å². The van der Waals surface area contributed by atoms with E-state index in [9.17, 15) is 14.4 Å². The van der Waals surface area contributed by atoms with E-state index in [1.807, 2.05) is 34.6 Å². The number of amides is 1. The van der Waals surface area contributed by atoms with Crippen LogP contribution in [0.4, 0.5) is 14.4 Å². The van der Waals surface area contributed by atoms with Gasteiger partial charge in [0.1, 0.15) is 31.2 Å². The van der Waals surface area contributed by atoms with Crippen molar-refractivity contribution in [2.24, 2.45) is 0 Å². The normalized spacial score (nSPS) is 17.3. The van der Waals surface area contributed by atoms with E-state index in [0.717, 1.165) is 58.0 Å². The zero-order chi connectivity index (χ0) is 40.1. The summed E-state index contributed by atoms with van der Waals surface area (Å²) in [6.45, 7) is 13.8. The zero-order valence-electron chi connectivity index (χ0n) is 33.2. The summed E-state index contributed by atoms with van der Waals surface area (Å²) in [5.74, 6) is 0. The first kappa shape index (κ1) is 54.0. The molecule has 2 aliphatic rings. The summed E-state index contributed by atoms with van der Waals surface area (Å²) in [5, 5.41) is 29.3. The van der Waals surface area contributed by atoms with E-state index >= 15 is 0 Å². The summed E-state index contributed by atoms with van der Waals surface area (Å²) in [7, 11) is 0. The summed E-state index contributed by atoms with van der Waals surface area (Å²) < 4.78 is 14.4. The van der Waals surface area contributed by atoms with Gasteiger partial charge in [0.05, 0.1) is 6.10 Å². The number of aliphatic hydroxyl groups excluding tert-OH is 3. The van der Waals surface area contributed by atoms with Crippen LogP contribution in [0.3, 0.4) is 0 Å². The van der Waals surface area contributed by atoms with E-state index in [2.05, 4.69) is 20.3 Å². The molecule has 5 rings (SSSR count). The Morgan fingerprint density at radius 2 is 1.20 bits per heavy atom. The third kappa shape index (κ3) is 23.1. The summed E-state index contributed by atoms with van der Waals surface area (Å²) in [6.07, 6.45) is 24.1. The molecular formula is C40H74N8O8. The number of ether oxygens (including phenoxy) is 2. The number of hydrogen-bond acceptors (Lipinski definition) is 12. The Bertz CT molecular complexity index is 1290. The minimum absolute atomic E-state index is 0. The number of nitrogens with one attached hydrogen (secondary N) is 1. The van der Waals surface area contributed by atoms with Crippen molar-refractivity contribution in [1.82, 2.24) is 38.9 Å². The van der Waals surface area contributed by atoms with Gasteiger partial charge in [-0.1, -0.05) is 42.0 Å². The number of rotatable bonds is 9. The van der Waals surface area contributed by atoms with Crippen LogP contribution in [0.25, 0.3) is 0 Å². The number of imidazole rings is 3. The zero-order valence-corrected chi connectivity index (χ0v) is 33.2. The average molecular weight is 795 g/mol. The van der Waals surface area contributed by atoms with Crippen LogP contribution in [0.2, 0.25) is 0 Å². The summed E-state index contributed by atoms with van der Waals surface area (Å²) in [6, 6.07) is 0.573. The van der Waals surface area contributed by atoms with Gasteiger partial charge in [0.25, 0.3) is 0 Å². The lowest BCUT2D eigenvalue weighted by molar-refractivity contribution is 0.0413. The molecule has 56 heavy (non-hydrogen) atoms. The van der Waals surface area contributed by atoms with Gasteiger partial charge < -0.3 is 35.0 Å². The molecule has 4 N–H and O–H groups in total. The van der Waals surface area contributed by atoms with Gasteiger partial charge in [0.15, 0.2) is 0 Å². The maximum absolute atomic E-state index is 11.9. The van der Waals surface area contributed by atoms with Crippen LogP contribution in [0.1, 0.15) is 127 Å². The van der Waals surface area contributed by atoms with Crippen molar-refractivity contribution in [2.75, 3.05) is 26.3 Å². The molecule has 5 unspecified atom stereocenters. The molecule has 16 nitrogen and oxygen atoms in total. The van der Waals surface area contributed by atoms with Gasteiger partial charge in [-0.2, -0.15) is 0 Å². The van der Waals surface area contributed by atoms with E-state index in [-0.39, 0.29) is 64.0 Å². The smallest absolute Gasteiger partial charge is 0.419 e. The molecule has 2 saturated heterocycles. The lowest BCUT2D eigenvalue weighted by Gasteiger charge is -2.35. The summed E-state index contributed by atoms with van der Waals surface area (Å²) in [4.78, 5) is 47.5. The van der Waals surface area contributed by atoms with Gasteiger partial charge in [0, 0.05) is 69.0 Å². The van der Waals surface area contributed by atoms with Crippen molar-refractivity contribution in [3.05, 3.63) is 56.2 Å². The van der Waals surface area contributed by atoms with Gasteiger partial charge in [-0.15, -0.1) is 0 Å². The van der Waals surface area contributed by atoms with E-state index in [1.54, 1.807) is 42.8 Å². The SMILES string of the molecule is C.C.CCC(C)O.CCC(C)OC(=O)N1CCCCC1CCO.CCC(C)OC(=O)n1ccnc1.O=C(n1ccnc1)n1ccnc1.OCCC1CCCCN1. The maximum Gasteiger partial charge on any atom is 0.419 e. The fraction of sp³-hybridized carbons (Fsp3) is 0.700. The molecule has 322 valence electrons. The first-order valence-electron chi connectivity index (χ1n) is 19.3. The van der Waals surface area contributed by atoms with E-state index in [4.69, 9.17) is 24.8 Å². The number of nitrogens with zero attached hydrogens (tertiary/aromatic N) is 7. The van der Waals surface area contributed by atoms with Crippen molar-refractivity contribution in [1.29, 1.82) is 0 Å². The van der Waals surface area contributed by atoms with E-state index in [0.29, 0.717) is 19.1 Å². The Labute approximate surface area is 335 Å². The Hall–Kier alpha value is -4.12. The molecule has 0 spiro atoms. The van der Waals surface area contributed by atoms with Gasteiger partial charge in [-0.3, -0.25) is 9.13 Å². The first-order chi connectivity index (χ1) is 26.0. The van der Waals surface area contributed by atoms with Gasteiger partial charge in [-0.05, 0) is 91.5 Å². The third-order valence-corrected chi connectivity index (χ3v) is 8.72.